The molecule has 6 nitrogen and oxygen atoms in total. The second-order valence-electron chi connectivity index (χ2n) is 7.11. The first-order chi connectivity index (χ1) is 12.8. The SMILES string of the molecule is Clc1ccccc1CN1CCN(c2ncnc3c2ncn3C2CC2)CC1. The van der Waals surface area contributed by atoms with Crippen LogP contribution in [0, 0.1) is 0 Å². The lowest BCUT2D eigenvalue weighted by atomic mass is 10.2. The largest absolute Gasteiger partial charge is 0.352 e. The fourth-order valence-corrected chi connectivity index (χ4v) is 3.87. The van der Waals surface area contributed by atoms with Gasteiger partial charge in [0.2, 0.25) is 0 Å². The van der Waals surface area contributed by atoms with Crippen LogP contribution in [0.2, 0.25) is 5.02 Å². The third kappa shape index (κ3) is 2.93. The van der Waals surface area contributed by atoms with E-state index in [1.807, 2.05) is 24.5 Å². The van der Waals surface area contributed by atoms with Crippen molar-refractivity contribution in [3.8, 4) is 0 Å². The Morgan fingerprint density at radius 2 is 1.81 bits per heavy atom. The molecule has 0 unspecified atom stereocenters. The highest BCUT2D eigenvalue weighted by Gasteiger charge is 2.28. The molecule has 2 aliphatic rings. The predicted molar refractivity (Wildman–Crippen MR) is 103 cm³/mol. The molecule has 1 saturated carbocycles. The van der Waals surface area contributed by atoms with Crippen molar-refractivity contribution in [2.45, 2.75) is 25.4 Å². The van der Waals surface area contributed by atoms with E-state index in [0.717, 1.165) is 54.7 Å². The van der Waals surface area contributed by atoms with Crippen molar-refractivity contribution in [3.05, 3.63) is 47.5 Å². The van der Waals surface area contributed by atoms with E-state index in [1.165, 1.54) is 18.4 Å². The van der Waals surface area contributed by atoms with Crippen LogP contribution in [0.25, 0.3) is 11.2 Å². The van der Waals surface area contributed by atoms with Crippen LogP contribution in [0.3, 0.4) is 0 Å². The Kier molecular flexibility index (Phi) is 4.02. The number of anilines is 1. The Labute approximate surface area is 157 Å². The van der Waals surface area contributed by atoms with Gasteiger partial charge < -0.3 is 9.47 Å². The summed E-state index contributed by atoms with van der Waals surface area (Å²) in [6, 6.07) is 8.67. The maximum Gasteiger partial charge on any atom is 0.165 e. The molecule has 3 aromatic rings. The minimum atomic E-state index is 0.579. The van der Waals surface area contributed by atoms with E-state index in [-0.39, 0.29) is 0 Å². The molecule has 1 aromatic carbocycles. The molecule has 26 heavy (non-hydrogen) atoms. The molecule has 0 N–H and O–H groups in total. The number of rotatable bonds is 4. The van der Waals surface area contributed by atoms with Gasteiger partial charge in [0.1, 0.15) is 6.33 Å². The summed E-state index contributed by atoms with van der Waals surface area (Å²) in [5.74, 6) is 0.965. The molecule has 1 saturated heterocycles. The van der Waals surface area contributed by atoms with Gasteiger partial charge in [-0.25, -0.2) is 15.0 Å². The van der Waals surface area contributed by atoms with Crippen LogP contribution in [0.4, 0.5) is 5.82 Å². The van der Waals surface area contributed by atoms with Crippen LogP contribution >= 0.6 is 11.6 Å². The van der Waals surface area contributed by atoms with Gasteiger partial charge in [0, 0.05) is 43.8 Å². The Morgan fingerprint density at radius 3 is 2.58 bits per heavy atom. The topological polar surface area (TPSA) is 50.1 Å². The maximum atomic E-state index is 6.30. The Hall–Kier alpha value is -2.18. The summed E-state index contributed by atoms with van der Waals surface area (Å²) in [5, 5.41) is 0.845. The molecule has 1 aliphatic carbocycles. The summed E-state index contributed by atoms with van der Waals surface area (Å²) in [7, 11) is 0. The second kappa shape index (κ2) is 6.52. The van der Waals surface area contributed by atoms with Crippen molar-refractivity contribution < 1.29 is 0 Å². The predicted octanol–water partition coefficient (Wildman–Crippen LogP) is 3.14. The average molecular weight is 369 g/mol. The van der Waals surface area contributed by atoms with Crippen LogP contribution in [-0.2, 0) is 6.54 Å². The normalized spacial score (nSPS) is 18.6. The lowest BCUT2D eigenvalue weighted by Gasteiger charge is -2.35. The monoisotopic (exact) mass is 368 g/mol. The fraction of sp³-hybridized carbons (Fsp3) is 0.421. The summed E-state index contributed by atoms with van der Waals surface area (Å²) >= 11 is 6.30. The third-order valence-corrected chi connectivity index (χ3v) is 5.67. The van der Waals surface area contributed by atoms with E-state index in [2.05, 4.69) is 35.4 Å². The van der Waals surface area contributed by atoms with Crippen molar-refractivity contribution in [1.29, 1.82) is 0 Å². The van der Waals surface area contributed by atoms with Gasteiger partial charge in [0.15, 0.2) is 17.0 Å². The number of imidazole rings is 1. The van der Waals surface area contributed by atoms with Gasteiger partial charge in [0.25, 0.3) is 0 Å². The number of benzene rings is 1. The molecule has 7 heteroatoms. The van der Waals surface area contributed by atoms with E-state index in [9.17, 15) is 0 Å². The van der Waals surface area contributed by atoms with Gasteiger partial charge >= 0.3 is 0 Å². The van der Waals surface area contributed by atoms with Gasteiger partial charge in [-0.05, 0) is 24.5 Å². The highest BCUT2D eigenvalue weighted by atomic mass is 35.5. The van der Waals surface area contributed by atoms with Crippen molar-refractivity contribution in [1.82, 2.24) is 24.4 Å². The summed E-state index contributed by atoms with van der Waals surface area (Å²) in [6.07, 6.45) is 6.06. The number of aromatic nitrogens is 4. The Balaban J connectivity index is 1.31. The van der Waals surface area contributed by atoms with E-state index in [1.54, 1.807) is 6.33 Å². The number of hydrogen-bond donors (Lipinski definition) is 0. The number of piperazine rings is 1. The Bertz CT molecular complexity index is 927. The van der Waals surface area contributed by atoms with Crippen LogP contribution < -0.4 is 4.90 Å². The molecule has 3 heterocycles. The molecular formula is C19H21ClN6. The van der Waals surface area contributed by atoms with Gasteiger partial charge in [-0.2, -0.15) is 0 Å². The van der Waals surface area contributed by atoms with Crippen LogP contribution in [0.5, 0.6) is 0 Å². The molecule has 0 radical (unpaired) electrons. The molecular weight excluding hydrogens is 348 g/mol. The fourth-order valence-electron chi connectivity index (χ4n) is 3.68. The minimum Gasteiger partial charge on any atom is -0.352 e. The highest BCUT2D eigenvalue weighted by molar-refractivity contribution is 6.31. The average Bonchev–Trinajstić information content (AvgIpc) is 3.42. The maximum absolute atomic E-state index is 6.30. The van der Waals surface area contributed by atoms with Crippen molar-refractivity contribution in [2.75, 3.05) is 31.1 Å². The van der Waals surface area contributed by atoms with Gasteiger partial charge in [-0.1, -0.05) is 29.8 Å². The third-order valence-electron chi connectivity index (χ3n) is 5.30. The standard InChI is InChI=1S/C19H21ClN6/c20-16-4-2-1-3-14(16)11-24-7-9-25(10-8-24)18-17-19(22-12-21-18)26(13-23-17)15-5-6-15/h1-4,12-13,15H,5-11H2. The number of hydrogen-bond acceptors (Lipinski definition) is 5. The van der Waals surface area contributed by atoms with Crippen molar-refractivity contribution in [2.24, 2.45) is 0 Å². The summed E-state index contributed by atoms with van der Waals surface area (Å²) in [4.78, 5) is 18.4. The summed E-state index contributed by atoms with van der Waals surface area (Å²) in [5.41, 5.74) is 3.09. The zero-order valence-electron chi connectivity index (χ0n) is 14.6. The molecule has 2 fully saturated rings. The number of halogens is 1. The van der Waals surface area contributed by atoms with E-state index < -0.39 is 0 Å². The first-order valence-corrected chi connectivity index (χ1v) is 9.55. The molecule has 1 aliphatic heterocycles. The molecule has 134 valence electrons. The van der Waals surface area contributed by atoms with Gasteiger partial charge in [0.05, 0.1) is 6.33 Å². The molecule has 0 spiro atoms. The lowest BCUT2D eigenvalue weighted by Crippen LogP contribution is -2.46. The number of nitrogens with zero attached hydrogens (tertiary/aromatic N) is 6. The summed E-state index contributed by atoms with van der Waals surface area (Å²) < 4.78 is 2.20. The van der Waals surface area contributed by atoms with Gasteiger partial charge in [-0.3, -0.25) is 4.90 Å². The zero-order valence-corrected chi connectivity index (χ0v) is 15.3. The van der Waals surface area contributed by atoms with E-state index >= 15 is 0 Å². The lowest BCUT2D eigenvalue weighted by molar-refractivity contribution is 0.249. The van der Waals surface area contributed by atoms with Crippen LogP contribution in [0.1, 0.15) is 24.4 Å². The molecule has 0 amide bonds. The van der Waals surface area contributed by atoms with Crippen molar-refractivity contribution in [3.63, 3.8) is 0 Å². The second-order valence-corrected chi connectivity index (χ2v) is 7.51. The number of fused-ring (bicyclic) bond motifs is 1. The van der Waals surface area contributed by atoms with Gasteiger partial charge in [-0.15, -0.1) is 0 Å². The van der Waals surface area contributed by atoms with Crippen molar-refractivity contribution >= 4 is 28.6 Å². The summed E-state index contributed by atoms with van der Waals surface area (Å²) in [6.45, 7) is 4.74. The Morgan fingerprint density at radius 1 is 1.00 bits per heavy atom. The first-order valence-electron chi connectivity index (χ1n) is 9.18. The smallest absolute Gasteiger partial charge is 0.165 e. The zero-order chi connectivity index (χ0) is 17.5. The minimum absolute atomic E-state index is 0.579. The van der Waals surface area contributed by atoms with E-state index in [4.69, 9.17) is 11.6 Å². The highest BCUT2D eigenvalue weighted by Crippen LogP contribution is 2.37. The van der Waals surface area contributed by atoms with E-state index in [0.29, 0.717) is 6.04 Å². The van der Waals surface area contributed by atoms with Crippen LogP contribution in [-0.4, -0.2) is 50.6 Å². The van der Waals surface area contributed by atoms with Crippen LogP contribution in [0.15, 0.2) is 36.9 Å². The molecule has 2 aromatic heterocycles. The molecule has 5 rings (SSSR count). The molecule has 0 atom stereocenters. The molecule has 0 bridgehead atoms. The quantitative estimate of drug-likeness (QED) is 0.708. The first kappa shape index (κ1) is 16.0.